The van der Waals surface area contributed by atoms with E-state index in [4.69, 9.17) is 0 Å². The lowest BCUT2D eigenvalue weighted by molar-refractivity contribution is -0.384. The minimum atomic E-state index is -0.451. The number of piperidine rings is 1. The number of carbonyl (C=O) groups is 2. The second kappa shape index (κ2) is 8.30. The van der Waals surface area contributed by atoms with Crippen LogP contribution in [0.4, 0.5) is 5.69 Å². The Morgan fingerprint density at radius 2 is 2.15 bits per heavy atom. The number of carbonyl (C=O) groups excluding carboxylic acids is 2. The maximum absolute atomic E-state index is 12.7. The van der Waals surface area contributed by atoms with Crippen LogP contribution in [-0.4, -0.2) is 34.7 Å². The standard InChI is InChI=1S/C19H21N3O4S/c1-13(14-5-2-7-16(11-14)22(25)26)20-18(23)15-6-3-9-21(12-15)19(24)17-8-4-10-27-17/h2,4-5,7-8,10-11,13,15H,3,6,9,12H2,1H3,(H,20,23). The van der Waals surface area contributed by atoms with Crippen LogP contribution in [0, 0.1) is 16.0 Å². The molecule has 2 atom stereocenters. The zero-order valence-corrected chi connectivity index (χ0v) is 15.8. The van der Waals surface area contributed by atoms with Gasteiger partial charge >= 0.3 is 0 Å². The second-order valence-electron chi connectivity index (χ2n) is 6.65. The average Bonchev–Trinajstić information content (AvgIpc) is 3.22. The van der Waals surface area contributed by atoms with E-state index in [9.17, 15) is 19.7 Å². The van der Waals surface area contributed by atoms with Gasteiger partial charge in [0, 0.05) is 25.2 Å². The average molecular weight is 387 g/mol. The molecule has 8 heteroatoms. The summed E-state index contributed by atoms with van der Waals surface area (Å²) in [4.78, 5) is 38.1. The summed E-state index contributed by atoms with van der Waals surface area (Å²) in [6, 6.07) is 9.55. The van der Waals surface area contributed by atoms with E-state index >= 15 is 0 Å². The molecule has 3 rings (SSSR count). The molecule has 1 aromatic carbocycles. The highest BCUT2D eigenvalue weighted by Gasteiger charge is 2.30. The number of nitro groups is 1. The fourth-order valence-corrected chi connectivity index (χ4v) is 3.94. The van der Waals surface area contributed by atoms with Crippen molar-refractivity contribution in [2.75, 3.05) is 13.1 Å². The lowest BCUT2D eigenvalue weighted by Crippen LogP contribution is -2.45. The van der Waals surface area contributed by atoms with E-state index in [1.54, 1.807) is 30.0 Å². The molecule has 2 aromatic rings. The van der Waals surface area contributed by atoms with E-state index in [0.717, 1.165) is 12.8 Å². The number of amides is 2. The number of nitrogens with one attached hydrogen (secondary N) is 1. The van der Waals surface area contributed by atoms with Gasteiger partial charge in [-0.05, 0) is 36.8 Å². The molecule has 27 heavy (non-hydrogen) atoms. The number of thiophene rings is 1. The molecule has 142 valence electrons. The van der Waals surface area contributed by atoms with E-state index in [2.05, 4.69) is 5.32 Å². The smallest absolute Gasteiger partial charge is 0.269 e. The highest BCUT2D eigenvalue weighted by molar-refractivity contribution is 7.12. The summed E-state index contributed by atoms with van der Waals surface area (Å²) in [5.74, 6) is -0.435. The fourth-order valence-electron chi connectivity index (χ4n) is 3.25. The normalized spacial score (nSPS) is 18.0. The van der Waals surface area contributed by atoms with Crippen molar-refractivity contribution < 1.29 is 14.5 Å². The molecule has 0 saturated carbocycles. The summed E-state index contributed by atoms with van der Waals surface area (Å²) in [5, 5.41) is 15.7. The Labute approximate surface area is 161 Å². The SMILES string of the molecule is CC(NC(=O)C1CCCN(C(=O)c2cccs2)C1)c1cccc([N+](=O)[O-])c1. The van der Waals surface area contributed by atoms with Gasteiger partial charge < -0.3 is 10.2 Å². The number of hydrogen-bond acceptors (Lipinski definition) is 5. The number of nitrogens with zero attached hydrogens (tertiary/aromatic N) is 2. The van der Waals surface area contributed by atoms with Gasteiger partial charge in [-0.2, -0.15) is 0 Å². The Morgan fingerprint density at radius 1 is 1.33 bits per heavy atom. The first-order chi connectivity index (χ1) is 13.0. The molecule has 0 bridgehead atoms. The molecule has 7 nitrogen and oxygen atoms in total. The van der Waals surface area contributed by atoms with E-state index in [1.807, 2.05) is 11.4 Å². The number of rotatable bonds is 5. The third kappa shape index (κ3) is 4.51. The van der Waals surface area contributed by atoms with E-state index in [1.165, 1.54) is 23.5 Å². The maximum Gasteiger partial charge on any atom is 0.269 e. The first-order valence-electron chi connectivity index (χ1n) is 8.83. The zero-order chi connectivity index (χ0) is 19.4. The van der Waals surface area contributed by atoms with Gasteiger partial charge in [-0.1, -0.05) is 18.2 Å². The first kappa shape index (κ1) is 19.0. The van der Waals surface area contributed by atoms with Crippen molar-refractivity contribution in [1.82, 2.24) is 10.2 Å². The van der Waals surface area contributed by atoms with Crippen LogP contribution in [0.3, 0.4) is 0 Å². The fraction of sp³-hybridized carbons (Fsp3) is 0.368. The largest absolute Gasteiger partial charge is 0.349 e. The summed E-state index contributed by atoms with van der Waals surface area (Å²) in [6.45, 7) is 2.85. The molecule has 1 saturated heterocycles. The number of likely N-dealkylation sites (tertiary alicyclic amines) is 1. The van der Waals surface area contributed by atoms with Gasteiger partial charge in [-0.15, -0.1) is 11.3 Å². The second-order valence-corrected chi connectivity index (χ2v) is 7.60. The monoisotopic (exact) mass is 387 g/mol. The van der Waals surface area contributed by atoms with Crippen molar-refractivity contribution in [2.45, 2.75) is 25.8 Å². The third-order valence-corrected chi connectivity index (χ3v) is 5.61. The van der Waals surface area contributed by atoms with Crippen LogP contribution in [0.15, 0.2) is 41.8 Å². The van der Waals surface area contributed by atoms with Gasteiger partial charge in [0.2, 0.25) is 5.91 Å². The minimum absolute atomic E-state index is 0.000940. The van der Waals surface area contributed by atoms with Gasteiger partial charge in [-0.25, -0.2) is 0 Å². The molecular formula is C19H21N3O4S. The van der Waals surface area contributed by atoms with Gasteiger partial charge in [0.1, 0.15) is 0 Å². The zero-order valence-electron chi connectivity index (χ0n) is 15.0. The number of benzene rings is 1. The van der Waals surface area contributed by atoms with Crippen LogP contribution in [0.2, 0.25) is 0 Å². The molecule has 1 aliphatic rings. The molecule has 2 heterocycles. The molecule has 2 amide bonds. The quantitative estimate of drug-likeness (QED) is 0.629. The Hall–Kier alpha value is -2.74. The first-order valence-corrected chi connectivity index (χ1v) is 9.71. The van der Waals surface area contributed by atoms with Gasteiger partial charge in [0.25, 0.3) is 11.6 Å². The van der Waals surface area contributed by atoms with Crippen molar-refractivity contribution in [2.24, 2.45) is 5.92 Å². The maximum atomic E-state index is 12.7. The van der Waals surface area contributed by atoms with Gasteiger partial charge in [0.05, 0.1) is 21.8 Å². The molecule has 1 aliphatic heterocycles. The number of hydrogen-bond donors (Lipinski definition) is 1. The molecule has 1 fully saturated rings. The predicted molar refractivity (Wildman–Crippen MR) is 103 cm³/mol. The van der Waals surface area contributed by atoms with Crippen LogP contribution in [0.1, 0.15) is 41.0 Å². The third-order valence-electron chi connectivity index (χ3n) is 4.75. The van der Waals surface area contributed by atoms with Crippen molar-refractivity contribution in [3.8, 4) is 0 Å². The van der Waals surface area contributed by atoms with Crippen LogP contribution < -0.4 is 5.32 Å². The molecule has 1 N–H and O–H groups in total. The Balaban J connectivity index is 1.62. The highest BCUT2D eigenvalue weighted by atomic mass is 32.1. The van der Waals surface area contributed by atoms with E-state index in [0.29, 0.717) is 23.5 Å². The summed E-state index contributed by atoms with van der Waals surface area (Å²) < 4.78 is 0. The Kier molecular flexibility index (Phi) is 5.85. The number of non-ortho nitro benzene ring substituents is 1. The van der Waals surface area contributed by atoms with Crippen molar-refractivity contribution in [3.05, 3.63) is 62.3 Å². The predicted octanol–water partition coefficient (Wildman–Crippen LogP) is 3.39. The van der Waals surface area contributed by atoms with E-state index < -0.39 is 4.92 Å². The summed E-state index contributed by atoms with van der Waals surface area (Å²) in [7, 11) is 0. The van der Waals surface area contributed by atoms with E-state index in [-0.39, 0.29) is 29.5 Å². The van der Waals surface area contributed by atoms with Crippen LogP contribution in [-0.2, 0) is 4.79 Å². The molecule has 2 unspecified atom stereocenters. The molecule has 1 aromatic heterocycles. The molecule has 0 aliphatic carbocycles. The minimum Gasteiger partial charge on any atom is -0.349 e. The van der Waals surface area contributed by atoms with Crippen LogP contribution in [0.25, 0.3) is 0 Å². The van der Waals surface area contributed by atoms with Crippen molar-refractivity contribution in [1.29, 1.82) is 0 Å². The Morgan fingerprint density at radius 3 is 2.85 bits per heavy atom. The van der Waals surface area contributed by atoms with Gasteiger partial charge in [-0.3, -0.25) is 19.7 Å². The van der Waals surface area contributed by atoms with Crippen molar-refractivity contribution >= 4 is 28.8 Å². The van der Waals surface area contributed by atoms with Gasteiger partial charge in [0.15, 0.2) is 0 Å². The highest BCUT2D eigenvalue weighted by Crippen LogP contribution is 2.23. The summed E-state index contributed by atoms with van der Waals surface area (Å²) in [5.41, 5.74) is 0.680. The lowest BCUT2D eigenvalue weighted by atomic mass is 9.96. The Bertz CT molecular complexity index is 837. The lowest BCUT2D eigenvalue weighted by Gasteiger charge is -2.32. The summed E-state index contributed by atoms with van der Waals surface area (Å²) in [6.07, 6.45) is 1.50. The molecule has 0 radical (unpaired) electrons. The van der Waals surface area contributed by atoms with Crippen molar-refractivity contribution in [3.63, 3.8) is 0 Å². The topological polar surface area (TPSA) is 92.6 Å². The van der Waals surface area contributed by atoms with Crippen LogP contribution in [0.5, 0.6) is 0 Å². The molecular weight excluding hydrogens is 366 g/mol. The summed E-state index contributed by atoms with van der Waals surface area (Å²) >= 11 is 1.40. The van der Waals surface area contributed by atoms with Crippen LogP contribution >= 0.6 is 11.3 Å². The number of nitro benzene ring substituents is 1. The molecule has 0 spiro atoms.